The molecule has 0 aliphatic rings. The van der Waals surface area contributed by atoms with Crippen LogP contribution >= 0.6 is 11.8 Å². The van der Waals surface area contributed by atoms with Crippen molar-refractivity contribution in [3.63, 3.8) is 0 Å². The van der Waals surface area contributed by atoms with Crippen molar-refractivity contribution in [3.05, 3.63) is 36.0 Å². The van der Waals surface area contributed by atoms with Gasteiger partial charge in [-0.3, -0.25) is 0 Å². The Labute approximate surface area is 107 Å². The van der Waals surface area contributed by atoms with Gasteiger partial charge in [0.15, 0.2) is 0 Å². The number of fused-ring (bicyclic) bond motifs is 1. The van der Waals surface area contributed by atoms with Gasteiger partial charge in [-0.25, -0.2) is 0 Å². The van der Waals surface area contributed by atoms with Crippen molar-refractivity contribution in [1.29, 1.82) is 0 Å². The van der Waals surface area contributed by atoms with Gasteiger partial charge in [-0.05, 0) is 23.3 Å². The zero-order chi connectivity index (χ0) is 12.3. The number of para-hydroxylation sites is 1. The molecule has 0 aliphatic heterocycles. The highest BCUT2D eigenvalue weighted by molar-refractivity contribution is 7.99. The Morgan fingerprint density at radius 3 is 2.76 bits per heavy atom. The molecule has 0 aliphatic carbocycles. The van der Waals surface area contributed by atoms with E-state index in [2.05, 4.69) is 37.0 Å². The zero-order valence-electron chi connectivity index (χ0n) is 10.4. The van der Waals surface area contributed by atoms with E-state index in [0.717, 1.165) is 11.7 Å². The average molecular weight is 248 g/mol. The topological polar surface area (TPSA) is 41.8 Å². The summed E-state index contributed by atoms with van der Waals surface area (Å²) in [4.78, 5) is 3.28. The van der Waals surface area contributed by atoms with E-state index < -0.39 is 0 Å². The number of rotatable bonds is 5. The molecule has 17 heavy (non-hydrogen) atoms. The van der Waals surface area contributed by atoms with Crippen molar-refractivity contribution in [2.24, 2.45) is 11.7 Å². The Hall–Kier alpha value is -0.930. The standard InChI is InChI=1S/C14H20N2S/c1-10(2)8-17-9-13(15)12-7-16-14-6-4-3-5-11(12)14/h3-7,10,13,16H,8-9,15H2,1-2H3. The highest BCUT2D eigenvalue weighted by atomic mass is 32.2. The molecule has 3 N–H and O–H groups in total. The summed E-state index contributed by atoms with van der Waals surface area (Å²) < 4.78 is 0. The van der Waals surface area contributed by atoms with Crippen LogP contribution in [0, 0.1) is 5.92 Å². The van der Waals surface area contributed by atoms with Crippen LogP contribution in [0.2, 0.25) is 0 Å². The number of aromatic nitrogens is 1. The van der Waals surface area contributed by atoms with Crippen LogP contribution in [0.15, 0.2) is 30.5 Å². The number of nitrogens with one attached hydrogen (secondary N) is 1. The first-order chi connectivity index (χ1) is 8.18. The van der Waals surface area contributed by atoms with Crippen LogP contribution in [0.25, 0.3) is 10.9 Å². The lowest BCUT2D eigenvalue weighted by atomic mass is 10.1. The SMILES string of the molecule is CC(C)CSCC(N)c1c[nH]c2ccccc12. The van der Waals surface area contributed by atoms with E-state index in [1.54, 1.807) is 0 Å². The van der Waals surface area contributed by atoms with Crippen LogP contribution in [-0.4, -0.2) is 16.5 Å². The predicted molar refractivity (Wildman–Crippen MR) is 77.4 cm³/mol. The van der Waals surface area contributed by atoms with Crippen LogP contribution in [0.4, 0.5) is 0 Å². The van der Waals surface area contributed by atoms with Gasteiger partial charge in [-0.15, -0.1) is 0 Å². The molecular formula is C14H20N2S. The van der Waals surface area contributed by atoms with E-state index in [1.165, 1.54) is 22.2 Å². The Morgan fingerprint density at radius 1 is 1.24 bits per heavy atom. The fourth-order valence-electron chi connectivity index (χ4n) is 1.92. The highest BCUT2D eigenvalue weighted by Crippen LogP contribution is 2.25. The molecule has 0 spiro atoms. The van der Waals surface area contributed by atoms with Gasteiger partial charge in [0.25, 0.3) is 0 Å². The summed E-state index contributed by atoms with van der Waals surface area (Å²) in [5.74, 6) is 2.89. The number of thioether (sulfide) groups is 1. The number of H-pyrrole nitrogens is 1. The second-order valence-electron chi connectivity index (χ2n) is 4.83. The second-order valence-corrected chi connectivity index (χ2v) is 5.90. The molecule has 2 rings (SSSR count). The number of hydrogen-bond donors (Lipinski definition) is 2. The fourth-order valence-corrected chi connectivity index (χ4v) is 2.96. The van der Waals surface area contributed by atoms with Crippen LogP contribution < -0.4 is 5.73 Å². The molecular weight excluding hydrogens is 228 g/mol. The molecule has 2 nitrogen and oxygen atoms in total. The lowest BCUT2D eigenvalue weighted by molar-refractivity contribution is 0.746. The minimum Gasteiger partial charge on any atom is -0.361 e. The Morgan fingerprint density at radius 2 is 2.00 bits per heavy atom. The Kier molecular flexibility index (Phi) is 4.13. The molecule has 1 aromatic heterocycles. The molecule has 3 heteroatoms. The minimum atomic E-state index is 0.120. The number of nitrogens with two attached hydrogens (primary N) is 1. The summed E-state index contributed by atoms with van der Waals surface area (Å²) in [7, 11) is 0. The largest absolute Gasteiger partial charge is 0.361 e. The first kappa shape index (κ1) is 12.5. The third-order valence-corrected chi connectivity index (χ3v) is 4.27. The van der Waals surface area contributed by atoms with Gasteiger partial charge in [0.1, 0.15) is 0 Å². The molecule has 0 saturated carbocycles. The van der Waals surface area contributed by atoms with E-state index in [1.807, 2.05) is 24.0 Å². The summed E-state index contributed by atoms with van der Waals surface area (Å²) in [5, 5.41) is 1.25. The summed E-state index contributed by atoms with van der Waals surface area (Å²) in [5.41, 5.74) is 8.66. The number of aromatic amines is 1. The maximum atomic E-state index is 6.25. The summed E-state index contributed by atoms with van der Waals surface area (Å²) in [6.07, 6.45) is 2.05. The van der Waals surface area contributed by atoms with Gasteiger partial charge in [-0.1, -0.05) is 32.0 Å². The lowest BCUT2D eigenvalue weighted by Gasteiger charge is -2.11. The van der Waals surface area contributed by atoms with Gasteiger partial charge in [0.05, 0.1) is 0 Å². The van der Waals surface area contributed by atoms with Gasteiger partial charge in [0, 0.05) is 28.9 Å². The zero-order valence-corrected chi connectivity index (χ0v) is 11.3. The van der Waals surface area contributed by atoms with E-state index in [0.29, 0.717) is 0 Å². The van der Waals surface area contributed by atoms with Crippen molar-refractivity contribution >= 4 is 22.7 Å². The molecule has 1 atom stereocenters. The van der Waals surface area contributed by atoms with Crippen LogP contribution in [0.3, 0.4) is 0 Å². The number of benzene rings is 1. The van der Waals surface area contributed by atoms with Crippen molar-refractivity contribution in [2.45, 2.75) is 19.9 Å². The van der Waals surface area contributed by atoms with Crippen LogP contribution in [-0.2, 0) is 0 Å². The van der Waals surface area contributed by atoms with Crippen LogP contribution in [0.5, 0.6) is 0 Å². The summed E-state index contributed by atoms with van der Waals surface area (Å²) in [6, 6.07) is 8.45. The van der Waals surface area contributed by atoms with Crippen molar-refractivity contribution in [3.8, 4) is 0 Å². The monoisotopic (exact) mass is 248 g/mol. The first-order valence-electron chi connectivity index (χ1n) is 6.08. The first-order valence-corrected chi connectivity index (χ1v) is 7.23. The molecule has 0 fully saturated rings. The highest BCUT2D eigenvalue weighted by Gasteiger charge is 2.11. The van der Waals surface area contributed by atoms with Crippen molar-refractivity contribution < 1.29 is 0 Å². The smallest absolute Gasteiger partial charge is 0.0457 e. The fraction of sp³-hybridized carbons (Fsp3) is 0.429. The molecule has 0 radical (unpaired) electrons. The van der Waals surface area contributed by atoms with Gasteiger partial charge >= 0.3 is 0 Å². The maximum absolute atomic E-state index is 6.25. The third kappa shape index (κ3) is 3.05. The summed E-state index contributed by atoms with van der Waals surface area (Å²) >= 11 is 1.94. The van der Waals surface area contributed by atoms with Crippen molar-refractivity contribution in [2.75, 3.05) is 11.5 Å². The lowest BCUT2D eigenvalue weighted by Crippen LogP contribution is -2.13. The third-order valence-electron chi connectivity index (χ3n) is 2.77. The normalized spacial score (nSPS) is 13.4. The molecule has 1 unspecified atom stereocenters. The Balaban J connectivity index is 2.06. The minimum absolute atomic E-state index is 0.120. The van der Waals surface area contributed by atoms with E-state index in [-0.39, 0.29) is 6.04 Å². The maximum Gasteiger partial charge on any atom is 0.0457 e. The van der Waals surface area contributed by atoms with Crippen molar-refractivity contribution in [1.82, 2.24) is 4.98 Å². The average Bonchev–Trinajstić information content (AvgIpc) is 2.72. The Bertz CT molecular complexity index is 476. The molecule has 0 amide bonds. The number of hydrogen-bond acceptors (Lipinski definition) is 2. The van der Waals surface area contributed by atoms with Gasteiger partial charge < -0.3 is 10.7 Å². The molecule has 0 saturated heterocycles. The van der Waals surface area contributed by atoms with Gasteiger partial charge in [-0.2, -0.15) is 11.8 Å². The second kappa shape index (κ2) is 5.61. The van der Waals surface area contributed by atoms with Gasteiger partial charge in [0.2, 0.25) is 0 Å². The quantitative estimate of drug-likeness (QED) is 0.849. The van der Waals surface area contributed by atoms with E-state index in [4.69, 9.17) is 5.73 Å². The van der Waals surface area contributed by atoms with E-state index >= 15 is 0 Å². The summed E-state index contributed by atoms with van der Waals surface area (Å²) in [6.45, 7) is 4.48. The van der Waals surface area contributed by atoms with E-state index in [9.17, 15) is 0 Å². The molecule has 2 aromatic rings. The molecule has 1 heterocycles. The molecule has 92 valence electrons. The molecule has 1 aromatic carbocycles. The van der Waals surface area contributed by atoms with Crippen LogP contribution in [0.1, 0.15) is 25.5 Å². The molecule has 0 bridgehead atoms. The predicted octanol–water partition coefficient (Wildman–Crippen LogP) is 3.56.